The molecule has 0 aromatic heterocycles. The Bertz CT molecular complexity index is 791. The van der Waals surface area contributed by atoms with Gasteiger partial charge in [0.25, 0.3) is 0 Å². The molecule has 2 N–H and O–H groups in total. The minimum atomic E-state index is -3.91. The molecular weight excluding hydrogens is 389 g/mol. The lowest BCUT2D eigenvalue weighted by Gasteiger charge is -2.17. The van der Waals surface area contributed by atoms with Crippen molar-refractivity contribution < 1.29 is 22.7 Å². The first kappa shape index (κ1) is 17.6. The molecule has 0 spiro atoms. The Balaban J connectivity index is 2.31. The molecule has 0 amide bonds. The minimum Gasteiger partial charge on any atom is -0.481 e. The highest BCUT2D eigenvalue weighted by atomic mass is 79.9. The van der Waals surface area contributed by atoms with Crippen molar-refractivity contribution in [1.82, 2.24) is 4.72 Å². The van der Waals surface area contributed by atoms with Crippen molar-refractivity contribution in [3.8, 4) is 0 Å². The van der Waals surface area contributed by atoms with E-state index >= 15 is 0 Å². The molecule has 0 saturated heterocycles. The van der Waals surface area contributed by atoms with Gasteiger partial charge in [0.2, 0.25) is 10.0 Å². The fourth-order valence-corrected chi connectivity index (χ4v) is 3.46. The van der Waals surface area contributed by atoms with E-state index in [0.717, 1.165) is 16.6 Å². The number of hydrogen-bond acceptors (Lipinski definition) is 3. The van der Waals surface area contributed by atoms with Crippen molar-refractivity contribution in [3.05, 3.63) is 64.4 Å². The molecule has 0 saturated carbocycles. The summed E-state index contributed by atoms with van der Waals surface area (Å²) in [5, 5.41) is 8.99. The third-order valence-electron chi connectivity index (χ3n) is 3.07. The molecule has 1 atom stereocenters. The molecule has 0 aliphatic heterocycles. The number of rotatable bonds is 6. The van der Waals surface area contributed by atoms with E-state index in [0.29, 0.717) is 5.56 Å². The zero-order valence-electron chi connectivity index (χ0n) is 11.7. The number of halogens is 2. The van der Waals surface area contributed by atoms with Crippen LogP contribution in [0.15, 0.2) is 57.9 Å². The third-order valence-corrected chi connectivity index (χ3v) is 5.09. The Hall–Kier alpha value is -1.77. The van der Waals surface area contributed by atoms with Crippen molar-refractivity contribution in [1.29, 1.82) is 0 Å². The Morgan fingerprint density at radius 3 is 2.22 bits per heavy atom. The predicted octanol–water partition coefficient (Wildman–Crippen LogP) is 3.08. The van der Waals surface area contributed by atoms with Crippen LogP contribution in [-0.4, -0.2) is 19.5 Å². The van der Waals surface area contributed by atoms with Gasteiger partial charge < -0.3 is 5.11 Å². The highest BCUT2D eigenvalue weighted by Gasteiger charge is 2.23. The van der Waals surface area contributed by atoms with Gasteiger partial charge >= 0.3 is 5.97 Å². The molecular formula is C15H13BrFNO4S. The highest BCUT2D eigenvalue weighted by molar-refractivity contribution is 9.10. The standard InChI is InChI=1S/C15H13BrFNO4S/c16-11-3-7-13(8-4-11)23(21,22)18-14(9-15(19)20)10-1-5-12(17)6-2-10/h1-8,14,18H,9H2,(H,19,20)/t14-/m1/s1. The van der Waals surface area contributed by atoms with Crippen LogP contribution in [0.2, 0.25) is 0 Å². The van der Waals surface area contributed by atoms with Gasteiger partial charge in [-0.1, -0.05) is 28.1 Å². The van der Waals surface area contributed by atoms with Gasteiger partial charge in [-0.25, -0.2) is 17.5 Å². The number of aliphatic carboxylic acids is 1. The second kappa shape index (κ2) is 7.20. The summed E-state index contributed by atoms with van der Waals surface area (Å²) in [4.78, 5) is 11.0. The molecule has 122 valence electrons. The van der Waals surface area contributed by atoms with E-state index in [1.807, 2.05) is 0 Å². The topological polar surface area (TPSA) is 83.5 Å². The average molecular weight is 402 g/mol. The van der Waals surface area contributed by atoms with Gasteiger partial charge in [-0.05, 0) is 42.0 Å². The third kappa shape index (κ3) is 4.85. The lowest BCUT2D eigenvalue weighted by atomic mass is 10.1. The maximum atomic E-state index is 13.0. The van der Waals surface area contributed by atoms with Gasteiger partial charge in [0, 0.05) is 4.47 Å². The molecule has 0 aliphatic rings. The summed E-state index contributed by atoms with van der Waals surface area (Å²) in [6.07, 6.45) is -0.457. The van der Waals surface area contributed by atoms with E-state index in [-0.39, 0.29) is 4.90 Å². The average Bonchev–Trinajstić information content (AvgIpc) is 2.47. The summed E-state index contributed by atoms with van der Waals surface area (Å²) in [6.45, 7) is 0. The molecule has 0 bridgehead atoms. The first-order chi connectivity index (χ1) is 10.8. The van der Waals surface area contributed by atoms with Crippen molar-refractivity contribution in [2.75, 3.05) is 0 Å². The summed E-state index contributed by atoms with van der Waals surface area (Å²) in [5.41, 5.74) is 0.370. The molecule has 0 heterocycles. The normalized spacial score (nSPS) is 12.8. The maximum absolute atomic E-state index is 13.0. The zero-order valence-corrected chi connectivity index (χ0v) is 14.1. The fraction of sp³-hybridized carbons (Fsp3) is 0.133. The van der Waals surface area contributed by atoms with Gasteiger partial charge in [-0.15, -0.1) is 0 Å². The first-order valence-electron chi connectivity index (χ1n) is 6.53. The molecule has 8 heteroatoms. The number of benzene rings is 2. The zero-order chi connectivity index (χ0) is 17.0. The molecule has 0 unspecified atom stereocenters. The molecule has 0 fully saturated rings. The highest BCUT2D eigenvalue weighted by Crippen LogP contribution is 2.22. The van der Waals surface area contributed by atoms with Crippen molar-refractivity contribution >= 4 is 31.9 Å². The Kier molecular flexibility index (Phi) is 5.51. The Morgan fingerprint density at radius 1 is 1.13 bits per heavy atom. The predicted molar refractivity (Wildman–Crippen MR) is 85.9 cm³/mol. The van der Waals surface area contributed by atoms with Gasteiger partial charge in [0.1, 0.15) is 5.82 Å². The first-order valence-corrected chi connectivity index (χ1v) is 8.81. The van der Waals surface area contributed by atoms with Crippen LogP contribution in [0.5, 0.6) is 0 Å². The molecule has 5 nitrogen and oxygen atoms in total. The van der Waals surface area contributed by atoms with Gasteiger partial charge in [-0.2, -0.15) is 0 Å². The van der Waals surface area contributed by atoms with Gasteiger partial charge in [-0.3, -0.25) is 4.79 Å². The summed E-state index contributed by atoms with van der Waals surface area (Å²) < 4.78 is 40.8. The summed E-state index contributed by atoms with van der Waals surface area (Å²) in [7, 11) is -3.91. The van der Waals surface area contributed by atoms with Crippen molar-refractivity contribution in [2.24, 2.45) is 0 Å². The molecule has 0 radical (unpaired) electrons. The van der Waals surface area contributed by atoms with Crippen LogP contribution in [0.1, 0.15) is 18.0 Å². The molecule has 2 aromatic carbocycles. The lowest BCUT2D eigenvalue weighted by molar-refractivity contribution is -0.137. The van der Waals surface area contributed by atoms with Crippen LogP contribution >= 0.6 is 15.9 Å². The number of carboxylic acid groups (broad SMARTS) is 1. The van der Waals surface area contributed by atoms with E-state index < -0.39 is 34.3 Å². The molecule has 0 aliphatic carbocycles. The molecule has 2 rings (SSSR count). The van der Waals surface area contributed by atoms with E-state index in [2.05, 4.69) is 20.7 Å². The van der Waals surface area contributed by atoms with Gasteiger partial charge in [0.05, 0.1) is 17.4 Å². The number of nitrogens with one attached hydrogen (secondary N) is 1. The second-order valence-electron chi connectivity index (χ2n) is 4.78. The van der Waals surface area contributed by atoms with Crippen molar-refractivity contribution in [3.63, 3.8) is 0 Å². The Morgan fingerprint density at radius 2 is 1.70 bits per heavy atom. The minimum absolute atomic E-state index is 0.0122. The van der Waals surface area contributed by atoms with Gasteiger partial charge in [0.15, 0.2) is 0 Å². The number of hydrogen-bond donors (Lipinski definition) is 2. The Labute approximate surface area is 141 Å². The smallest absolute Gasteiger partial charge is 0.305 e. The maximum Gasteiger partial charge on any atom is 0.305 e. The second-order valence-corrected chi connectivity index (χ2v) is 7.41. The van der Waals surface area contributed by atoms with Crippen LogP contribution in [0, 0.1) is 5.82 Å². The monoisotopic (exact) mass is 401 g/mol. The van der Waals surface area contributed by atoms with Crippen LogP contribution < -0.4 is 4.72 Å². The van der Waals surface area contributed by atoms with E-state index in [1.54, 1.807) is 12.1 Å². The fourth-order valence-electron chi connectivity index (χ4n) is 1.97. The SMILES string of the molecule is O=C(O)C[C@@H](NS(=O)(=O)c1ccc(Br)cc1)c1ccc(F)cc1. The number of sulfonamides is 1. The van der Waals surface area contributed by atoms with E-state index in [1.165, 1.54) is 24.3 Å². The van der Waals surface area contributed by atoms with E-state index in [9.17, 15) is 17.6 Å². The summed E-state index contributed by atoms with van der Waals surface area (Å²) in [5.74, 6) is -1.66. The molecule has 23 heavy (non-hydrogen) atoms. The largest absolute Gasteiger partial charge is 0.481 e. The van der Waals surface area contributed by atoms with Crippen LogP contribution in [0.4, 0.5) is 4.39 Å². The van der Waals surface area contributed by atoms with Crippen LogP contribution in [0.25, 0.3) is 0 Å². The quantitative estimate of drug-likeness (QED) is 0.778. The summed E-state index contributed by atoms with van der Waals surface area (Å²) >= 11 is 3.21. The van der Waals surface area contributed by atoms with Crippen LogP contribution in [-0.2, 0) is 14.8 Å². The number of carbonyl (C=O) groups is 1. The lowest BCUT2D eigenvalue weighted by Crippen LogP contribution is -2.30. The summed E-state index contributed by atoms with van der Waals surface area (Å²) in [6, 6.07) is 9.94. The molecule has 2 aromatic rings. The number of carboxylic acids is 1. The van der Waals surface area contributed by atoms with Crippen molar-refractivity contribution in [2.45, 2.75) is 17.4 Å². The van der Waals surface area contributed by atoms with Crippen LogP contribution in [0.3, 0.4) is 0 Å². The van der Waals surface area contributed by atoms with E-state index in [4.69, 9.17) is 5.11 Å².